The molecular weight excluding hydrogens is 193 g/mol. The van der Waals surface area contributed by atoms with Crippen molar-refractivity contribution in [3.05, 3.63) is 13.2 Å². The summed E-state index contributed by atoms with van der Waals surface area (Å²) < 4.78 is 0. The lowest BCUT2D eigenvalue weighted by Crippen LogP contribution is -2.43. The van der Waals surface area contributed by atoms with Crippen molar-refractivity contribution >= 4 is 15.0 Å². The third-order valence-electron chi connectivity index (χ3n) is 1.68. The molecule has 0 rings (SSSR count). The zero-order chi connectivity index (χ0) is 11.7. The highest BCUT2D eigenvalue weighted by molar-refractivity contribution is 7.16. The molecule has 0 aliphatic heterocycles. The van der Waals surface area contributed by atoms with Crippen LogP contribution in [0.25, 0.3) is 0 Å². The molecule has 0 fully saturated rings. The molecule has 0 aromatic heterocycles. The van der Waals surface area contributed by atoms with E-state index in [2.05, 4.69) is 41.6 Å². The van der Waals surface area contributed by atoms with Gasteiger partial charge >= 0.3 is 0 Å². The third-order valence-corrected chi connectivity index (χ3v) is 2.15. The van der Waals surface area contributed by atoms with Crippen LogP contribution in [-0.4, -0.2) is 24.0 Å². The Morgan fingerprint density at radius 1 is 1.29 bits per heavy atom. The van der Waals surface area contributed by atoms with Crippen LogP contribution in [0.2, 0.25) is 0 Å². The second-order valence-electron chi connectivity index (χ2n) is 3.67. The molecule has 0 amide bonds. The van der Waals surface area contributed by atoms with Crippen molar-refractivity contribution < 1.29 is 4.79 Å². The smallest absolute Gasteiger partial charge is 0.152 e. The number of carbonyl (C=O) groups is 1. The number of ketones is 1. The maximum atomic E-state index is 11.5. The van der Waals surface area contributed by atoms with Gasteiger partial charge < -0.3 is 5.32 Å². The molecule has 14 heavy (non-hydrogen) atoms. The SMILES string of the molecule is C=C.CC(C)NC(CP)C(=O)C(C)C. The zero-order valence-corrected chi connectivity index (χ0v) is 11.0. The van der Waals surface area contributed by atoms with Crippen LogP contribution in [0.4, 0.5) is 0 Å². The molecule has 0 saturated carbocycles. The molecule has 0 radical (unpaired) electrons. The molecule has 3 heteroatoms. The van der Waals surface area contributed by atoms with Crippen LogP contribution in [-0.2, 0) is 4.79 Å². The molecule has 0 aliphatic rings. The Bertz CT molecular complexity index is 157. The van der Waals surface area contributed by atoms with Crippen LogP contribution in [0.1, 0.15) is 27.7 Å². The first-order valence-electron chi connectivity index (χ1n) is 4.98. The third kappa shape index (κ3) is 7.23. The van der Waals surface area contributed by atoms with Crippen molar-refractivity contribution in [2.24, 2.45) is 5.92 Å². The molecule has 0 aliphatic carbocycles. The lowest BCUT2D eigenvalue weighted by molar-refractivity contribution is -0.123. The fourth-order valence-electron chi connectivity index (χ4n) is 1.07. The highest BCUT2D eigenvalue weighted by Gasteiger charge is 2.19. The van der Waals surface area contributed by atoms with Gasteiger partial charge in [0.2, 0.25) is 0 Å². The monoisotopic (exact) mass is 217 g/mol. The zero-order valence-electron chi connectivity index (χ0n) is 9.84. The number of hydrogen-bond acceptors (Lipinski definition) is 2. The number of Topliss-reactive ketones (excluding diaryl/α,β-unsaturated/α-hetero) is 1. The van der Waals surface area contributed by atoms with Gasteiger partial charge in [-0.2, -0.15) is 0 Å². The van der Waals surface area contributed by atoms with E-state index >= 15 is 0 Å². The Kier molecular flexibility index (Phi) is 10.9. The lowest BCUT2D eigenvalue weighted by atomic mass is 10.0. The first-order chi connectivity index (χ1) is 6.49. The quantitative estimate of drug-likeness (QED) is 0.565. The van der Waals surface area contributed by atoms with Crippen molar-refractivity contribution in [2.45, 2.75) is 39.8 Å². The molecule has 1 N–H and O–H groups in total. The van der Waals surface area contributed by atoms with E-state index < -0.39 is 0 Å². The number of hydrogen-bond donors (Lipinski definition) is 1. The maximum Gasteiger partial charge on any atom is 0.152 e. The van der Waals surface area contributed by atoms with Gasteiger partial charge in [-0.1, -0.05) is 27.7 Å². The van der Waals surface area contributed by atoms with E-state index in [1.807, 2.05) is 13.8 Å². The highest BCUT2D eigenvalue weighted by atomic mass is 31.0. The summed E-state index contributed by atoms with van der Waals surface area (Å²) in [5, 5.41) is 3.24. The van der Waals surface area contributed by atoms with Gasteiger partial charge in [-0.15, -0.1) is 22.4 Å². The first kappa shape index (κ1) is 16.2. The average Bonchev–Trinajstić information content (AvgIpc) is 2.15. The predicted octanol–water partition coefficient (Wildman–Crippen LogP) is 2.26. The van der Waals surface area contributed by atoms with Gasteiger partial charge in [-0.25, -0.2) is 0 Å². The fourth-order valence-corrected chi connectivity index (χ4v) is 1.44. The Morgan fingerprint density at radius 2 is 1.71 bits per heavy atom. The van der Waals surface area contributed by atoms with Crippen molar-refractivity contribution in [1.29, 1.82) is 0 Å². The van der Waals surface area contributed by atoms with Gasteiger partial charge in [0.25, 0.3) is 0 Å². The molecule has 2 nitrogen and oxygen atoms in total. The van der Waals surface area contributed by atoms with Crippen LogP contribution in [0.15, 0.2) is 13.2 Å². The van der Waals surface area contributed by atoms with Gasteiger partial charge in [-0.3, -0.25) is 4.79 Å². The minimum Gasteiger partial charge on any atom is -0.305 e. The van der Waals surface area contributed by atoms with Gasteiger partial charge in [-0.05, 0) is 6.16 Å². The van der Waals surface area contributed by atoms with Gasteiger partial charge in [0.1, 0.15) is 0 Å². The van der Waals surface area contributed by atoms with E-state index in [1.54, 1.807) is 0 Å². The van der Waals surface area contributed by atoms with Crippen LogP contribution < -0.4 is 5.32 Å². The average molecular weight is 217 g/mol. The topological polar surface area (TPSA) is 29.1 Å². The van der Waals surface area contributed by atoms with E-state index in [1.165, 1.54) is 0 Å². The molecule has 0 saturated heterocycles. The summed E-state index contributed by atoms with van der Waals surface area (Å²) in [6, 6.07) is 0.383. The van der Waals surface area contributed by atoms with E-state index in [-0.39, 0.29) is 12.0 Å². The molecule has 0 bridgehead atoms. The molecule has 0 aromatic rings. The van der Waals surface area contributed by atoms with Crippen molar-refractivity contribution in [3.8, 4) is 0 Å². The van der Waals surface area contributed by atoms with Crippen molar-refractivity contribution in [1.82, 2.24) is 5.32 Å². The maximum absolute atomic E-state index is 11.5. The van der Waals surface area contributed by atoms with Crippen molar-refractivity contribution in [2.75, 3.05) is 6.16 Å². The van der Waals surface area contributed by atoms with E-state index in [9.17, 15) is 4.79 Å². The first-order valence-corrected chi connectivity index (χ1v) is 5.80. The number of rotatable bonds is 5. The summed E-state index contributed by atoms with van der Waals surface area (Å²) in [6.45, 7) is 14.0. The van der Waals surface area contributed by atoms with Crippen LogP contribution >= 0.6 is 9.24 Å². The van der Waals surface area contributed by atoms with Gasteiger partial charge in [0.05, 0.1) is 6.04 Å². The minimum absolute atomic E-state index is 0.00926. The molecule has 0 spiro atoms. The summed E-state index contributed by atoms with van der Waals surface area (Å²) in [5.74, 6) is 0.431. The molecule has 2 unspecified atom stereocenters. The summed E-state index contributed by atoms with van der Waals surface area (Å²) >= 11 is 0. The Hall–Kier alpha value is -0.200. The standard InChI is InChI=1S/C9H20NOP.C2H4/c1-6(2)9(11)8(5-12)10-7(3)4;1-2/h6-8,10H,5,12H2,1-4H3;1-2H2. The van der Waals surface area contributed by atoms with E-state index in [0.29, 0.717) is 11.8 Å². The summed E-state index contributed by atoms with van der Waals surface area (Å²) in [5.41, 5.74) is 0. The summed E-state index contributed by atoms with van der Waals surface area (Å²) in [6.07, 6.45) is 0.801. The molecule has 2 atom stereocenters. The van der Waals surface area contributed by atoms with E-state index in [4.69, 9.17) is 0 Å². The summed E-state index contributed by atoms with van der Waals surface area (Å²) in [4.78, 5) is 11.5. The normalized spacial score (nSPS) is 12.2. The number of carbonyl (C=O) groups excluding carboxylic acids is 1. The molecular formula is C11H24NOP. The van der Waals surface area contributed by atoms with Gasteiger partial charge in [0.15, 0.2) is 5.78 Å². The van der Waals surface area contributed by atoms with Crippen molar-refractivity contribution in [3.63, 3.8) is 0 Å². The summed E-state index contributed by atoms with van der Waals surface area (Å²) in [7, 11) is 2.61. The lowest BCUT2D eigenvalue weighted by Gasteiger charge is -2.19. The largest absolute Gasteiger partial charge is 0.305 e. The predicted molar refractivity (Wildman–Crippen MR) is 67.7 cm³/mol. The second kappa shape index (κ2) is 9.36. The molecule has 0 heterocycles. The second-order valence-corrected chi connectivity index (χ2v) is 4.14. The van der Waals surface area contributed by atoms with Gasteiger partial charge in [0, 0.05) is 12.0 Å². The molecule has 84 valence electrons. The minimum atomic E-state index is 0.00926. The fraction of sp³-hybridized carbons (Fsp3) is 0.727. The Balaban J connectivity index is 0. The Morgan fingerprint density at radius 3 is 1.93 bits per heavy atom. The van der Waals surface area contributed by atoms with E-state index in [0.717, 1.165) is 6.16 Å². The number of nitrogens with one attached hydrogen (secondary N) is 1. The highest BCUT2D eigenvalue weighted by Crippen LogP contribution is 2.03. The van der Waals surface area contributed by atoms with Crippen LogP contribution in [0.5, 0.6) is 0 Å². The van der Waals surface area contributed by atoms with Crippen LogP contribution in [0.3, 0.4) is 0 Å². The Labute approximate surface area is 90.7 Å². The van der Waals surface area contributed by atoms with Crippen LogP contribution in [0, 0.1) is 5.92 Å². The molecule has 0 aromatic carbocycles.